The van der Waals surface area contributed by atoms with Crippen LogP contribution >= 0.6 is 23.8 Å². The number of aromatic nitrogens is 1. The number of carbonyl (C=O) groups is 2. The summed E-state index contributed by atoms with van der Waals surface area (Å²) < 4.78 is 1.72. The van der Waals surface area contributed by atoms with Gasteiger partial charge in [0, 0.05) is 28.5 Å². The number of amides is 2. The molecule has 4 rings (SSSR count). The van der Waals surface area contributed by atoms with Gasteiger partial charge in [-0.05, 0) is 54.7 Å². The lowest BCUT2D eigenvalue weighted by Crippen LogP contribution is -2.54. The summed E-state index contributed by atoms with van der Waals surface area (Å²) in [6, 6.07) is 16.3. The van der Waals surface area contributed by atoms with E-state index in [4.69, 9.17) is 23.8 Å². The van der Waals surface area contributed by atoms with Gasteiger partial charge in [0.1, 0.15) is 5.57 Å². The number of nitro groups is 1. The summed E-state index contributed by atoms with van der Waals surface area (Å²) in [6.07, 6.45) is 3.16. The van der Waals surface area contributed by atoms with Crippen LogP contribution in [0.15, 0.2) is 72.4 Å². The molecule has 32 heavy (non-hydrogen) atoms. The molecule has 0 unspecified atom stereocenters. The molecule has 0 radical (unpaired) electrons. The molecule has 3 aromatic rings. The maximum Gasteiger partial charge on any atom is 0.274 e. The van der Waals surface area contributed by atoms with E-state index in [-0.39, 0.29) is 22.9 Å². The molecule has 1 N–H and O–H groups in total. The maximum atomic E-state index is 13.1. The fourth-order valence-electron chi connectivity index (χ4n) is 3.34. The fraction of sp³-hybridized carbons (Fsp3) is 0.0455. The number of nitrogens with zero attached hydrogens (tertiary/aromatic N) is 3. The Hall–Kier alpha value is -3.82. The van der Waals surface area contributed by atoms with Crippen LogP contribution < -0.4 is 10.2 Å². The number of para-hydroxylation sites is 1. The summed E-state index contributed by atoms with van der Waals surface area (Å²) in [4.78, 5) is 37.8. The number of carbonyl (C=O) groups excluding carboxylic acids is 2. The number of anilines is 1. The van der Waals surface area contributed by atoms with Crippen LogP contribution in [0.1, 0.15) is 11.3 Å². The number of nitro benzene ring substituents is 1. The van der Waals surface area contributed by atoms with Crippen molar-refractivity contribution in [2.24, 2.45) is 0 Å². The molecule has 2 heterocycles. The van der Waals surface area contributed by atoms with E-state index in [9.17, 15) is 19.7 Å². The Morgan fingerprint density at radius 3 is 2.50 bits per heavy atom. The Morgan fingerprint density at radius 2 is 1.78 bits per heavy atom. The van der Waals surface area contributed by atoms with Gasteiger partial charge in [-0.15, -0.1) is 0 Å². The number of benzene rings is 2. The van der Waals surface area contributed by atoms with Crippen LogP contribution in [0, 0.1) is 10.1 Å². The topological polar surface area (TPSA) is 97.5 Å². The first-order valence-electron chi connectivity index (χ1n) is 9.39. The highest BCUT2D eigenvalue weighted by molar-refractivity contribution is 7.80. The van der Waals surface area contributed by atoms with Gasteiger partial charge in [-0.3, -0.25) is 29.9 Å². The fourth-order valence-corrected chi connectivity index (χ4v) is 3.75. The summed E-state index contributed by atoms with van der Waals surface area (Å²) in [7, 11) is 0. The van der Waals surface area contributed by atoms with Gasteiger partial charge in [0.2, 0.25) is 0 Å². The van der Waals surface area contributed by atoms with E-state index >= 15 is 0 Å². The number of rotatable bonds is 5. The summed E-state index contributed by atoms with van der Waals surface area (Å²) >= 11 is 11.1. The molecular weight excluding hydrogens is 452 g/mol. The lowest BCUT2D eigenvalue weighted by atomic mass is 10.1. The van der Waals surface area contributed by atoms with Crippen molar-refractivity contribution in [3.05, 3.63) is 98.8 Å². The van der Waals surface area contributed by atoms with Gasteiger partial charge in [0.05, 0.1) is 17.2 Å². The quantitative estimate of drug-likeness (QED) is 0.202. The Bertz CT molecular complexity index is 1280. The van der Waals surface area contributed by atoms with Gasteiger partial charge < -0.3 is 4.57 Å². The molecular formula is C22H15ClN4O4S. The molecule has 1 aromatic heterocycles. The van der Waals surface area contributed by atoms with Crippen molar-refractivity contribution < 1.29 is 14.5 Å². The highest BCUT2D eigenvalue weighted by Crippen LogP contribution is 2.25. The van der Waals surface area contributed by atoms with E-state index in [1.807, 2.05) is 0 Å². The minimum absolute atomic E-state index is 0.00875. The maximum absolute atomic E-state index is 13.1. The Labute approximate surface area is 192 Å². The van der Waals surface area contributed by atoms with Gasteiger partial charge in [0.25, 0.3) is 17.5 Å². The molecule has 160 valence electrons. The van der Waals surface area contributed by atoms with Crippen LogP contribution in [0.25, 0.3) is 6.08 Å². The van der Waals surface area contributed by atoms with Gasteiger partial charge in [-0.1, -0.05) is 29.8 Å². The second-order valence-electron chi connectivity index (χ2n) is 6.88. The third-order valence-corrected chi connectivity index (χ3v) is 5.41. The monoisotopic (exact) mass is 466 g/mol. The van der Waals surface area contributed by atoms with Crippen molar-refractivity contribution in [1.29, 1.82) is 0 Å². The Balaban J connectivity index is 1.68. The largest absolute Gasteiger partial charge is 0.343 e. The number of hydrogen-bond acceptors (Lipinski definition) is 5. The first-order valence-corrected chi connectivity index (χ1v) is 10.2. The van der Waals surface area contributed by atoms with Crippen molar-refractivity contribution >= 4 is 58.2 Å². The molecule has 0 bridgehead atoms. The van der Waals surface area contributed by atoms with Crippen molar-refractivity contribution in [2.45, 2.75) is 6.54 Å². The summed E-state index contributed by atoms with van der Waals surface area (Å²) in [5, 5.41) is 14.3. The first kappa shape index (κ1) is 21.4. The summed E-state index contributed by atoms with van der Waals surface area (Å²) in [5.41, 5.74) is 1.37. The smallest absolute Gasteiger partial charge is 0.274 e. The minimum Gasteiger partial charge on any atom is -0.343 e. The van der Waals surface area contributed by atoms with Gasteiger partial charge in [-0.2, -0.15) is 0 Å². The Kier molecular flexibility index (Phi) is 5.85. The number of halogens is 1. The van der Waals surface area contributed by atoms with Crippen LogP contribution in [-0.2, 0) is 16.1 Å². The molecule has 0 aliphatic carbocycles. The number of thiocarbonyl (C=S) groups is 1. The van der Waals surface area contributed by atoms with E-state index < -0.39 is 16.7 Å². The van der Waals surface area contributed by atoms with E-state index in [0.29, 0.717) is 22.0 Å². The third-order valence-electron chi connectivity index (χ3n) is 4.87. The average Bonchev–Trinajstić information content (AvgIpc) is 3.19. The Morgan fingerprint density at radius 1 is 1.06 bits per heavy atom. The summed E-state index contributed by atoms with van der Waals surface area (Å²) in [5.74, 6) is -1.21. The lowest BCUT2D eigenvalue weighted by molar-refractivity contribution is -0.385. The standard InChI is InChI=1S/C22H15ClN4O4S/c23-15-7-9-16(10-8-15)26-21(29)18(20(28)24-22(26)32)12-17-5-3-11-25(17)13-14-4-1-2-6-19(14)27(30)31/h1-12H,13H2,(H,24,28,32). The molecule has 10 heteroatoms. The van der Waals surface area contributed by atoms with E-state index in [0.717, 1.165) is 0 Å². The predicted octanol–water partition coefficient (Wildman–Crippen LogP) is 3.93. The van der Waals surface area contributed by atoms with Crippen molar-refractivity contribution in [3.63, 3.8) is 0 Å². The second-order valence-corrected chi connectivity index (χ2v) is 7.70. The van der Waals surface area contributed by atoms with Crippen LogP contribution in [0.3, 0.4) is 0 Å². The highest BCUT2D eigenvalue weighted by atomic mass is 35.5. The summed E-state index contributed by atoms with van der Waals surface area (Å²) in [6.45, 7) is 0.193. The molecule has 2 aromatic carbocycles. The molecule has 0 saturated carbocycles. The van der Waals surface area contributed by atoms with Crippen molar-refractivity contribution in [2.75, 3.05) is 4.90 Å². The lowest BCUT2D eigenvalue weighted by Gasteiger charge is -2.29. The zero-order chi connectivity index (χ0) is 22.8. The zero-order valence-corrected chi connectivity index (χ0v) is 18.0. The first-order chi connectivity index (χ1) is 15.3. The van der Waals surface area contributed by atoms with Gasteiger partial charge >= 0.3 is 0 Å². The van der Waals surface area contributed by atoms with Crippen molar-refractivity contribution in [1.82, 2.24) is 9.88 Å². The molecule has 1 saturated heterocycles. The zero-order valence-electron chi connectivity index (χ0n) is 16.4. The normalized spacial score (nSPS) is 15.2. The number of hydrogen-bond donors (Lipinski definition) is 1. The molecule has 2 amide bonds. The van der Waals surface area contributed by atoms with Crippen LogP contribution in [0.4, 0.5) is 11.4 Å². The van der Waals surface area contributed by atoms with Crippen LogP contribution in [-0.4, -0.2) is 26.4 Å². The highest BCUT2D eigenvalue weighted by Gasteiger charge is 2.34. The van der Waals surface area contributed by atoms with Crippen LogP contribution in [0.5, 0.6) is 0 Å². The van der Waals surface area contributed by atoms with Gasteiger partial charge in [0.15, 0.2) is 5.11 Å². The molecule has 0 atom stereocenters. The third kappa shape index (κ3) is 4.16. The predicted molar refractivity (Wildman–Crippen MR) is 124 cm³/mol. The minimum atomic E-state index is -0.622. The molecule has 1 aliphatic heterocycles. The van der Waals surface area contributed by atoms with E-state index in [1.165, 1.54) is 17.0 Å². The average molecular weight is 467 g/mol. The number of nitrogens with one attached hydrogen (secondary N) is 1. The van der Waals surface area contributed by atoms with Gasteiger partial charge in [-0.25, -0.2) is 0 Å². The molecule has 8 nitrogen and oxygen atoms in total. The molecule has 0 spiro atoms. The SMILES string of the molecule is O=C1NC(=S)N(c2ccc(Cl)cc2)C(=O)C1=Cc1cccn1Cc1ccccc1[N+](=O)[O-]. The second kappa shape index (κ2) is 8.74. The van der Waals surface area contributed by atoms with E-state index in [2.05, 4.69) is 5.32 Å². The molecule has 1 aliphatic rings. The van der Waals surface area contributed by atoms with Crippen molar-refractivity contribution in [3.8, 4) is 0 Å². The molecule has 1 fully saturated rings. The van der Waals surface area contributed by atoms with E-state index in [1.54, 1.807) is 65.4 Å². The van der Waals surface area contributed by atoms with Crippen LogP contribution in [0.2, 0.25) is 5.02 Å².